The fourth-order valence-electron chi connectivity index (χ4n) is 2.07. The molecule has 6 heteroatoms. The Balaban J connectivity index is 0.00000200. The number of halogens is 3. The standard InChI is InChI=1S/C14H15BF3O.K/c1-2-3-10-19-13-9-8-11-6-4-5-7-12(11)14(13)15(16,17)18;/h4-9H,2-3,10H2,1H3;/q-1;+1. The second-order valence-corrected chi connectivity index (χ2v) is 4.48. The minimum atomic E-state index is -5.10. The molecule has 0 atom stereocenters. The van der Waals surface area contributed by atoms with Crippen molar-refractivity contribution < 1.29 is 69.1 Å². The first-order valence-corrected chi connectivity index (χ1v) is 6.38. The van der Waals surface area contributed by atoms with Crippen molar-refractivity contribution in [2.24, 2.45) is 0 Å². The summed E-state index contributed by atoms with van der Waals surface area (Å²) in [7, 11) is 0. The van der Waals surface area contributed by atoms with Gasteiger partial charge in [-0.3, -0.25) is 0 Å². The number of hydrogen-bond acceptors (Lipinski definition) is 1. The molecule has 0 unspecified atom stereocenters. The van der Waals surface area contributed by atoms with Crippen LogP contribution in [0.25, 0.3) is 10.8 Å². The van der Waals surface area contributed by atoms with Crippen LogP contribution in [0.3, 0.4) is 0 Å². The minimum absolute atomic E-state index is 0. The van der Waals surface area contributed by atoms with E-state index in [1.54, 1.807) is 24.3 Å². The summed E-state index contributed by atoms with van der Waals surface area (Å²) in [6, 6.07) is 9.60. The van der Waals surface area contributed by atoms with Gasteiger partial charge in [0.15, 0.2) is 0 Å². The Labute approximate surface area is 159 Å². The second kappa shape index (κ2) is 7.85. The van der Waals surface area contributed by atoms with Gasteiger partial charge in [0.2, 0.25) is 0 Å². The van der Waals surface area contributed by atoms with Gasteiger partial charge in [-0.1, -0.05) is 49.1 Å². The van der Waals surface area contributed by atoms with E-state index in [0.29, 0.717) is 12.0 Å². The number of fused-ring (bicyclic) bond motifs is 1. The van der Waals surface area contributed by atoms with Crippen molar-refractivity contribution in [3.63, 3.8) is 0 Å². The summed E-state index contributed by atoms with van der Waals surface area (Å²) in [6.07, 6.45) is 1.64. The summed E-state index contributed by atoms with van der Waals surface area (Å²) in [5.74, 6) is -0.0559. The van der Waals surface area contributed by atoms with E-state index in [0.717, 1.165) is 12.8 Å². The first-order valence-electron chi connectivity index (χ1n) is 6.38. The maximum Gasteiger partial charge on any atom is 1.00 e. The van der Waals surface area contributed by atoms with Gasteiger partial charge in [-0.2, -0.15) is 0 Å². The summed E-state index contributed by atoms with van der Waals surface area (Å²) in [5, 5.41) is 0.795. The Hall–Kier alpha value is -0.00870. The first kappa shape index (κ1) is 18.0. The van der Waals surface area contributed by atoms with Crippen molar-refractivity contribution in [3.05, 3.63) is 36.4 Å². The van der Waals surface area contributed by atoms with Gasteiger partial charge in [0.1, 0.15) is 0 Å². The van der Waals surface area contributed by atoms with E-state index in [2.05, 4.69) is 0 Å². The van der Waals surface area contributed by atoms with Crippen LogP contribution in [0.5, 0.6) is 5.75 Å². The zero-order valence-corrected chi connectivity index (χ0v) is 14.8. The van der Waals surface area contributed by atoms with Gasteiger partial charge in [-0.05, 0) is 23.3 Å². The van der Waals surface area contributed by atoms with E-state index >= 15 is 0 Å². The molecule has 0 amide bonds. The molecule has 0 aliphatic rings. The van der Waals surface area contributed by atoms with Crippen molar-refractivity contribution in [1.29, 1.82) is 0 Å². The van der Waals surface area contributed by atoms with E-state index in [9.17, 15) is 12.9 Å². The smallest absolute Gasteiger partial charge is 0.497 e. The molecule has 0 fully saturated rings. The van der Waals surface area contributed by atoms with Crippen LogP contribution in [0.15, 0.2) is 36.4 Å². The third-order valence-electron chi connectivity index (χ3n) is 3.01. The minimum Gasteiger partial charge on any atom is -0.497 e. The summed E-state index contributed by atoms with van der Waals surface area (Å²) in [6.45, 7) is -2.81. The van der Waals surface area contributed by atoms with Crippen molar-refractivity contribution in [2.45, 2.75) is 19.8 Å². The number of rotatable bonds is 5. The molecule has 0 aromatic heterocycles. The molecule has 0 bridgehead atoms. The van der Waals surface area contributed by atoms with Crippen LogP contribution in [-0.2, 0) is 0 Å². The molecule has 0 saturated heterocycles. The average Bonchev–Trinajstić information content (AvgIpc) is 2.37. The molecule has 2 rings (SSSR count). The molecule has 0 heterocycles. The zero-order valence-electron chi connectivity index (χ0n) is 11.7. The van der Waals surface area contributed by atoms with Crippen molar-refractivity contribution in [3.8, 4) is 5.75 Å². The Morgan fingerprint density at radius 1 is 1.05 bits per heavy atom. The summed E-state index contributed by atoms with van der Waals surface area (Å²) in [4.78, 5) is 0. The molecule has 2 aromatic carbocycles. The Morgan fingerprint density at radius 2 is 1.75 bits per heavy atom. The number of hydrogen-bond donors (Lipinski definition) is 0. The van der Waals surface area contributed by atoms with Gasteiger partial charge in [0.25, 0.3) is 0 Å². The second-order valence-electron chi connectivity index (χ2n) is 4.48. The Kier molecular flexibility index (Phi) is 7.08. The molecule has 0 N–H and O–H groups in total. The first-order chi connectivity index (χ1) is 9.04. The molecular weight excluding hydrogens is 291 g/mol. The number of benzene rings is 2. The molecular formula is C14H15BF3KO. The van der Waals surface area contributed by atoms with E-state index in [1.807, 2.05) is 6.92 Å². The molecule has 1 nitrogen and oxygen atoms in total. The largest absolute Gasteiger partial charge is 1.00 e. The summed E-state index contributed by atoms with van der Waals surface area (Å²) < 4.78 is 45.1. The average molecular weight is 306 g/mol. The van der Waals surface area contributed by atoms with Crippen molar-refractivity contribution >= 4 is 23.2 Å². The van der Waals surface area contributed by atoms with Gasteiger partial charge in [-0.15, -0.1) is 0 Å². The normalized spacial score (nSPS) is 11.2. The predicted molar refractivity (Wildman–Crippen MR) is 73.1 cm³/mol. The van der Waals surface area contributed by atoms with Gasteiger partial charge >= 0.3 is 58.4 Å². The van der Waals surface area contributed by atoms with Crippen LogP contribution < -0.4 is 61.6 Å². The van der Waals surface area contributed by atoms with Gasteiger partial charge in [0.05, 0.1) is 12.4 Å². The molecule has 0 aliphatic carbocycles. The molecule has 0 aliphatic heterocycles. The summed E-state index contributed by atoms with van der Waals surface area (Å²) in [5.41, 5.74) is -0.616. The van der Waals surface area contributed by atoms with Gasteiger partial charge < -0.3 is 17.7 Å². The molecule has 2 aromatic rings. The van der Waals surface area contributed by atoms with Crippen molar-refractivity contribution in [1.82, 2.24) is 0 Å². The van der Waals surface area contributed by atoms with Crippen LogP contribution in [-0.4, -0.2) is 13.6 Å². The monoisotopic (exact) mass is 306 g/mol. The zero-order chi connectivity index (χ0) is 13.9. The van der Waals surface area contributed by atoms with Crippen LogP contribution in [0.2, 0.25) is 0 Å². The summed E-state index contributed by atoms with van der Waals surface area (Å²) >= 11 is 0. The maximum atomic E-state index is 13.3. The molecule has 0 radical (unpaired) electrons. The van der Waals surface area contributed by atoms with E-state index in [4.69, 9.17) is 4.74 Å². The fraction of sp³-hybridized carbons (Fsp3) is 0.286. The molecule has 0 saturated carbocycles. The van der Waals surface area contributed by atoms with E-state index in [1.165, 1.54) is 12.1 Å². The van der Waals surface area contributed by atoms with Crippen LogP contribution in [0.1, 0.15) is 19.8 Å². The third kappa shape index (κ3) is 4.24. The maximum absolute atomic E-state index is 13.3. The van der Waals surface area contributed by atoms with Gasteiger partial charge in [0, 0.05) is 0 Å². The van der Waals surface area contributed by atoms with E-state index < -0.39 is 12.4 Å². The van der Waals surface area contributed by atoms with Crippen molar-refractivity contribution in [2.75, 3.05) is 6.61 Å². The third-order valence-corrected chi connectivity index (χ3v) is 3.01. The van der Waals surface area contributed by atoms with Gasteiger partial charge in [-0.25, -0.2) is 0 Å². The Morgan fingerprint density at radius 3 is 2.40 bits per heavy atom. The van der Waals surface area contributed by atoms with Crippen LogP contribution in [0.4, 0.5) is 12.9 Å². The Bertz CT molecular complexity index is 572. The van der Waals surface area contributed by atoms with Crippen LogP contribution >= 0.6 is 0 Å². The van der Waals surface area contributed by atoms with E-state index in [-0.39, 0.29) is 62.5 Å². The topological polar surface area (TPSA) is 9.23 Å². The van der Waals surface area contributed by atoms with Crippen LogP contribution in [0, 0.1) is 0 Å². The number of unbranched alkanes of at least 4 members (excludes halogenated alkanes) is 1. The molecule has 0 spiro atoms. The predicted octanol–water partition coefficient (Wildman–Crippen LogP) is 1.08. The number of ether oxygens (including phenoxy) is 1. The SMILES string of the molecule is CCCCOc1ccc2ccccc2c1[B-](F)(F)F.[K+]. The molecule has 20 heavy (non-hydrogen) atoms. The molecule has 102 valence electrons. The quantitative estimate of drug-likeness (QED) is 0.593. The fourth-order valence-corrected chi connectivity index (χ4v) is 2.07.